The van der Waals surface area contributed by atoms with E-state index in [-0.39, 0.29) is 93.5 Å². The number of nitrogens with two attached hydrogens (primary N) is 2. The van der Waals surface area contributed by atoms with Gasteiger partial charge in [-0.15, -0.1) is 61.2 Å². The lowest BCUT2D eigenvalue weighted by atomic mass is 10.2. The van der Waals surface area contributed by atoms with Crippen molar-refractivity contribution in [3.63, 3.8) is 0 Å². The Bertz CT molecular complexity index is 1680. The number of nitrogens with one attached hydrogen (secondary N) is 9. The second kappa shape index (κ2) is 38.7. The number of anilines is 1. The summed E-state index contributed by atoms with van der Waals surface area (Å²) in [6.07, 6.45) is 13.5. The van der Waals surface area contributed by atoms with Crippen molar-refractivity contribution in [2.75, 3.05) is 44.8 Å². The number of nitrogen functional groups attached to an aromatic ring is 1. The van der Waals surface area contributed by atoms with E-state index in [4.69, 9.17) is 16.8 Å². The number of unbranched alkanes of at least 4 members (excludes halogenated alkanes) is 3. The molecular weight excluding hydrogens is 879 g/mol. The second-order valence-corrected chi connectivity index (χ2v) is 13.5. The fraction of sp³-hybridized carbons (Fsp3) is 0.667. The number of aromatic nitrogens is 12. The standard InChI is InChI=1S/C24H40N16O4.C8H12N2O2.C3H7N7.CH4/c41-21-25-9-5-1-2-6-10-26-22(42)30-14-18-35-39-20(40-36-18)16-32-24(44)28-12-8-4-3-7-11-27-23(43)31-15-19-37-33-17(13-29-21)34-38-19;9-7-12-6-4-2-1-3-5-10-8-11;4-1-2-7-9-3(6-5)10-8-2;/h1-16H2,(H2,25,29,41)(H2,26,30,42)(H2,27,31,43)(H2,28,32,44);1-6H2;1,4-5H2,(H,6,9,10);1H4. The van der Waals surface area contributed by atoms with Crippen molar-refractivity contribution >= 4 is 36.2 Å². The molecule has 8 amide bonds. The minimum absolute atomic E-state index is 0. The lowest BCUT2D eigenvalue weighted by molar-refractivity contribution is 0.238. The van der Waals surface area contributed by atoms with Crippen LogP contribution in [0.5, 0.6) is 0 Å². The third kappa shape index (κ3) is 30.9. The number of hydrogen-bond donors (Lipinski definition) is 11. The van der Waals surface area contributed by atoms with Crippen molar-refractivity contribution in [3.8, 4) is 6.26 Å². The summed E-state index contributed by atoms with van der Waals surface area (Å²) in [6, 6.07) is -1.43. The highest BCUT2D eigenvalue weighted by molar-refractivity contribution is 5.74. The van der Waals surface area contributed by atoms with Crippen LogP contribution in [0.2, 0.25) is 0 Å². The summed E-state index contributed by atoms with van der Waals surface area (Å²) in [5.41, 5.74) is 7.37. The molecule has 368 valence electrons. The van der Waals surface area contributed by atoms with Gasteiger partial charge in [0.25, 0.3) is 12.2 Å². The quantitative estimate of drug-likeness (QED) is 0.0303. The van der Waals surface area contributed by atoms with E-state index in [9.17, 15) is 24.0 Å². The zero-order valence-corrected chi connectivity index (χ0v) is 36.6. The molecule has 0 aromatic carbocycles. The molecular formula is C36H63N25O6. The summed E-state index contributed by atoms with van der Waals surface area (Å²) in [5, 5.41) is 75.2. The number of carbonyl (C=O) groups excluding carboxylic acids is 5. The minimum Gasteiger partial charge on any atom is -0.428 e. The molecule has 0 radical (unpaired) electrons. The average Bonchev–Trinajstić information content (AvgIpc) is 3.34. The van der Waals surface area contributed by atoms with Gasteiger partial charge in [-0.25, -0.2) is 34.8 Å². The summed E-state index contributed by atoms with van der Waals surface area (Å²) in [4.78, 5) is 61.0. The topological polar surface area (TPSA) is 446 Å². The van der Waals surface area contributed by atoms with E-state index in [2.05, 4.69) is 119 Å². The molecule has 7 rings (SSSR count). The van der Waals surface area contributed by atoms with Crippen LogP contribution in [0.4, 0.5) is 25.1 Å². The number of amides is 8. The molecule has 7 heterocycles. The Morgan fingerprint density at radius 1 is 0.537 bits per heavy atom. The highest BCUT2D eigenvalue weighted by atomic mass is 16.5. The van der Waals surface area contributed by atoms with E-state index in [0.29, 0.717) is 45.2 Å². The number of rotatable bonds is 9. The van der Waals surface area contributed by atoms with Gasteiger partial charge in [0, 0.05) is 26.2 Å². The number of carbonyl (C=O) groups is 4. The van der Waals surface area contributed by atoms with Gasteiger partial charge in [0.15, 0.2) is 29.1 Å². The van der Waals surface area contributed by atoms with Crippen LogP contribution in [-0.4, -0.2) is 131 Å². The SMILES string of the molecule is C.N#COCCCCCCN=C=O.NCc1nnc(NN)nn1.O=C1NCCCCCCNC(=O)NCc2nnc(nn2)CNC(=O)NCCCCCCNC(=O)NCc2nnc(nn2)CN1. The Kier molecular flexibility index (Phi) is 33.1. The molecule has 0 saturated carbocycles. The third-order valence-corrected chi connectivity index (χ3v) is 8.33. The van der Waals surface area contributed by atoms with Gasteiger partial charge < -0.3 is 53.0 Å². The predicted molar refractivity (Wildman–Crippen MR) is 236 cm³/mol. The Morgan fingerprint density at radius 3 is 1.21 bits per heavy atom. The number of aliphatic imine (C=N–C) groups is 1. The smallest absolute Gasteiger partial charge is 0.315 e. The zero-order chi connectivity index (χ0) is 47.7. The first-order valence-corrected chi connectivity index (χ1v) is 21.2. The number of isocyanates is 1. The van der Waals surface area contributed by atoms with Gasteiger partial charge in [-0.3, -0.25) is 5.43 Å². The summed E-state index contributed by atoms with van der Waals surface area (Å²) < 4.78 is 4.48. The summed E-state index contributed by atoms with van der Waals surface area (Å²) in [5.74, 6) is 6.48. The lowest BCUT2D eigenvalue weighted by Gasteiger charge is -2.09. The molecule has 0 fully saturated rings. The minimum atomic E-state index is -0.356. The largest absolute Gasteiger partial charge is 0.428 e. The van der Waals surface area contributed by atoms with E-state index in [1.54, 1.807) is 6.26 Å². The van der Waals surface area contributed by atoms with E-state index in [1.165, 1.54) is 6.08 Å². The highest BCUT2D eigenvalue weighted by Crippen LogP contribution is 2.01. The first-order chi connectivity index (χ1) is 32.3. The summed E-state index contributed by atoms with van der Waals surface area (Å²) in [6.45, 7) is 3.48. The molecule has 3 aromatic rings. The molecule has 0 saturated heterocycles. The van der Waals surface area contributed by atoms with Gasteiger partial charge in [0.1, 0.15) is 6.61 Å². The zero-order valence-electron chi connectivity index (χ0n) is 36.6. The number of nitrogens with zero attached hydrogens (tertiary/aromatic N) is 14. The van der Waals surface area contributed by atoms with Crippen LogP contribution in [0.15, 0.2) is 4.99 Å². The van der Waals surface area contributed by atoms with Crippen LogP contribution in [0, 0.1) is 11.5 Å². The Hall–Kier alpha value is -7.71. The van der Waals surface area contributed by atoms with Gasteiger partial charge in [0.2, 0.25) is 6.08 Å². The maximum absolute atomic E-state index is 12.0. The van der Waals surface area contributed by atoms with Crippen molar-refractivity contribution < 1.29 is 28.7 Å². The van der Waals surface area contributed by atoms with Crippen LogP contribution in [0.3, 0.4) is 0 Å². The second-order valence-electron chi connectivity index (χ2n) is 13.5. The van der Waals surface area contributed by atoms with Crippen LogP contribution < -0.4 is 59.5 Å². The molecule has 4 aliphatic heterocycles. The molecule has 31 nitrogen and oxygen atoms in total. The maximum atomic E-state index is 12.0. The van der Waals surface area contributed by atoms with E-state index >= 15 is 0 Å². The van der Waals surface area contributed by atoms with Gasteiger partial charge in [-0.1, -0.05) is 39.5 Å². The average molecular weight is 942 g/mol. The Morgan fingerprint density at radius 2 is 0.896 bits per heavy atom. The Balaban J connectivity index is 0.000000796. The fourth-order valence-electron chi connectivity index (χ4n) is 4.93. The molecule has 0 unspecified atom stereocenters. The molecule has 0 spiro atoms. The molecule has 0 aliphatic carbocycles. The number of nitriles is 1. The van der Waals surface area contributed by atoms with Crippen LogP contribution in [0.25, 0.3) is 0 Å². The summed E-state index contributed by atoms with van der Waals surface area (Å²) >= 11 is 0. The molecule has 3 aromatic heterocycles. The number of hydrazine groups is 1. The van der Waals surface area contributed by atoms with Gasteiger partial charge in [0.05, 0.1) is 39.3 Å². The highest BCUT2D eigenvalue weighted by Gasteiger charge is 2.09. The molecule has 4 aliphatic rings. The van der Waals surface area contributed by atoms with Crippen molar-refractivity contribution in [2.45, 2.75) is 117 Å². The van der Waals surface area contributed by atoms with Crippen molar-refractivity contribution in [2.24, 2.45) is 16.6 Å². The molecule has 13 N–H and O–H groups in total. The number of urea groups is 4. The fourth-order valence-corrected chi connectivity index (χ4v) is 4.93. The monoisotopic (exact) mass is 942 g/mol. The lowest BCUT2D eigenvalue weighted by Crippen LogP contribution is -2.37. The first kappa shape index (κ1) is 57.3. The van der Waals surface area contributed by atoms with E-state index in [1.807, 2.05) is 0 Å². The normalized spacial score (nSPS) is 14.8. The summed E-state index contributed by atoms with van der Waals surface area (Å²) in [7, 11) is 0. The van der Waals surface area contributed by atoms with Crippen LogP contribution >= 0.6 is 0 Å². The first-order valence-electron chi connectivity index (χ1n) is 21.2. The van der Waals surface area contributed by atoms with Crippen LogP contribution in [0.1, 0.15) is 114 Å². The molecule has 31 heteroatoms. The van der Waals surface area contributed by atoms with Gasteiger partial charge in [-0.05, 0) is 44.9 Å². The third-order valence-electron chi connectivity index (χ3n) is 8.33. The number of ether oxygens (including phenoxy) is 1. The van der Waals surface area contributed by atoms with Crippen LogP contribution in [-0.2, 0) is 42.3 Å². The molecule has 67 heavy (non-hydrogen) atoms. The molecule has 0 atom stereocenters. The van der Waals surface area contributed by atoms with Crippen molar-refractivity contribution in [1.29, 1.82) is 5.26 Å². The van der Waals surface area contributed by atoms with Crippen molar-refractivity contribution in [1.82, 2.24) is 104 Å². The van der Waals surface area contributed by atoms with E-state index in [0.717, 1.165) is 77.0 Å². The van der Waals surface area contributed by atoms with Gasteiger partial charge >= 0.3 is 24.1 Å². The molecule has 4 bridgehead atoms. The predicted octanol–water partition coefficient (Wildman–Crippen LogP) is -1.09. The number of hydrogen-bond acceptors (Lipinski definition) is 23. The van der Waals surface area contributed by atoms with Gasteiger partial charge in [-0.2, -0.15) is 5.26 Å². The van der Waals surface area contributed by atoms with Crippen molar-refractivity contribution in [3.05, 3.63) is 29.1 Å². The Labute approximate surface area is 387 Å². The van der Waals surface area contributed by atoms with E-state index < -0.39 is 0 Å². The maximum Gasteiger partial charge on any atom is 0.315 e.